The Morgan fingerprint density at radius 2 is 2.45 bits per heavy atom. The van der Waals surface area contributed by atoms with Gasteiger partial charge in [0.15, 0.2) is 5.15 Å². The molecule has 3 rings (SSSR count). The van der Waals surface area contributed by atoms with Gasteiger partial charge in [-0.05, 0) is 6.92 Å². The van der Waals surface area contributed by atoms with E-state index in [1.165, 1.54) is 0 Å². The number of aryl methyl sites for hydroxylation is 2. The lowest BCUT2D eigenvalue weighted by Gasteiger charge is -2.34. The molecular weight excluding hydrogens is 308 g/mol. The third-order valence-electron chi connectivity index (χ3n) is 3.60. The van der Waals surface area contributed by atoms with E-state index in [1.807, 2.05) is 6.92 Å². The quantitative estimate of drug-likeness (QED) is 0.928. The number of carbonyl (C=O) groups excluding carboxylic acids is 1. The molecule has 0 aromatic carbocycles. The van der Waals surface area contributed by atoms with Crippen molar-refractivity contribution in [2.45, 2.75) is 25.8 Å². The van der Waals surface area contributed by atoms with Crippen molar-refractivity contribution in [3.05, 3.63) is 34.7 Å². The predicted octanol–water partition coefficient (Wildman–Crippen LogP) is 1.89. The molecule has 118 valence electrons. The standard InChI is InChI=1S/C14H17ClN4O3/c1-9-7-16-14(17-9)11-8-21-5-4-19(11)13(20)3-2-10-6-12(15)18-22-10/h6-7,11H,2-5,8H2,1H3,(H,16,17)/t11-/m1/s1. The van der Waals surface area contributed by atoms with Crippen LogP contribution in [0.5, 0.6) is 0 Å². The van der Waals surface area contributed by atoms with Gasteiger partial charge in [-0.3, -0.25) is 4.79 Å². The topological polar surface area (TPSA) is 84.2 Å². The number of H-pyrrole nitrogens is 1. The van der Waals surface area contributed by atoms with Crippen LogP contribution in [-0.4, -0.2) is 45.7 Å². The number of amides is 1. The van der Waals surface area contributed by atoms with E-state index >= 15 is 0 Å². The highest BCUT2D eigenvalue weighted by molar-refractivity contribution is 6.29. The van der Waals surface area contributed by atoms with Crippen LogP contribution in [0.25, 0.3) is 0 Å². The average molecular weight is 325 g/mol. The SMILES string of the molecule is Cc1cnc([C@H]2COCCN2C(=O)CCc2cc(Cl)no2)[nH]1. The molecule has 1 atom stereocenters. The molecule has 3 heterocycles. The summed E-state index contributed by atoms with van der Waals surface area (Å²) in [6.07, 6.45) is 2.56. The lowest BCUT2D eigenvalue weighted by molar-refractivity contribution is -0.140. The van der Waals surface area contributed by atoms with Gasteiger partial charge in [0, 0.05) is 37.3 Å². The molecule has 8 heteroatoms. The number of hydrogen-bond donors (Lipinski definition) is 1. The van der Waals surface area contributed by atoms with Gasteiger partial charge in [0.25, 0.3) is 0 Å². The second kappa shape index (κ2) is 6.50. The second-order valence-corrected chi connectivity index (χ2v) is 5.63. The zero-order valence-electron chi connectivity index (χ0n) is 12.2. The third kappa shape index (κ3) is 3.31. The van der Waals surface area contributed by atoms with E-state index in [0.717, 1.165) is 11.5 Å². The summed E-state index contributed by atoms with van der Waals surface area (Å²) in [5, 5.41) is 3.91. The highest BCUT2D eigenvalue weighted by Gasteiger charge is 2.30. The van der Waals surface area contributed by atoms with Crippen LogP contribution in [-0.2, 0) is 16.0 Å². The Hall–Kier alpha value is -1.86. The Labute approximate surface area is 132 Å². The molecule has 2 aromatic heterocycles. The number of nitrogens with zero attached hydrogens (tertiary/aromatic N) is 3. The molecule has 1 saturated heterocycles. The molecule has 0 spiro atoms. The minimum atomic E-state index is -0.173. The van der Waals surface area contributed by atoms with Crippen LogP contribution >= 0.6 is 11.6 Å². The fraction of sp³-hybridized carbons (Fsp3) is 0.500. The summed E-state index contributed by atoms with van der Waals surface area (Å²) >= 11 is 5.70. The van der Waals surface area contributed by atoms with E-state index in [-0.39, 0.29) is 11.9 Å². The summed E-state index contributed by atoms with van der Waals surface area (Å²) in [5.74, 6) is 1.40. The molecule has 0 bridgehead atoms. The van der Waals surface area contributed by atoms with Crippen molar-refractivity contribution in [2.24, 2.45) is 0 Å². The van der Waals surface area contributed by atoms with E-state index in [0.29, 0.717) is 43.5 Å². The van der Waals surface area contributed by atoms with Gasteiger partial charge in [0.05, 0.1) is 13.2 Å². The van der Waals surface area contributed by atoms with Gasteiger partial charge in [0.1, 0.15) is 17.6 Å². The highest BCUT2D eigenvalue weighted by Crippen LogP contribution is 2.23. The van der Waals surface area contributed by atoms with Crippen LogP contribution in [0.3, 0.4) is 0 Å². The lowest BCUT2D eigenvalue weighted by Crippen LogP contribution is -2.43. The first-order chi connectivity index (χ1) is 10.6. The van der Waals surface area contributed by atoms with Gasteiger partial charge in [-0.15, -0.1) is 0 Å². The highest BCUT2D eigenvalue weighted by atomic mass is 35.5. The number of rotatable bonds is 4. The normalized spacial score (nSPS) is 18.6. The van der Waals surface area contributed by atoms with Crippen molar-refractivity contribution >= 4 is 17.5 Å². The molecule has 1 aliphatic heterocycles. The van der Waals surface area contributed by atoms with Crippen LogP contribution in [0.1, 0.15) is 29.7 Å². The third-order valence-corrected chi connectivity index (χ3v) is 3.78. The zero-order chi connectivity index (χ0) is 15.5. The van der Waals surface area contributed by atoms with E-state index in [4.69, 9.17) is 20.9 Å². The average Bonchev–Trinajstić information content (AvgIpc) is 3.13. The maximum atomic E-state index is 12.5. The van der Waals surface area contributed by atoms with Crippen molar-refractivity contribution in [1.29, 1.82) is 0 Å². The number of ether oxygens (including phenoxy) is 1. The number of aromatic nitrogens is 3. The van der Waals surface area contributed by atoms with Gasteiger partial charge in [-0.1, -0.05) is 16.8 Å². The first-order valence-corrected chi connectivity index (χ1v) is 7.51. The Morgan fingerprint density at radius 1 is 1.59 bits per heavy atom. The zero-order valence-corrected chi connectivity index (χ0v) is 13.0. The first-order valence-electron chi connectivity index (χ1n) is 7.13. The summed E-state index contributed by atoms with van der Waals surface area (Å²) in [7, 11) is 0. The summed E-state index contributed by atoms with van der Waals surface area (Å²) in [6, 6.07) is 1.45. The molecule has 7 nitrogen and oxygen atoms in total. The largest absolute Gasteiger partial charge is 0.377 e. The van der Waals surface area contributed by atoms with Crippen molar-refractivity contribution in [3.8, 4) is 0 Å². The number of imidazole rings is 1. The van der Waals surface area contributed by atoms with Crippen molar-refractivity contribution in [3.63, 3.8) is 0 Å². The Balaban J connectivity index is 1.66. The number of carbonyl (C=O) groups is 1. The number of nitrogens with one attached hydrogen (secondary N) is 1. The molecule has 1 N–H and O–H groups in total. The molecule has 1 aliphatic rings. The van der Waals surface area contributed by atoms with Crippen LogP contribution in [0.4, 0.5) is 0 Å². The summed E-state index contributed by atoms with van der Waals surface area (Å²) in [5.41, 5.74) is 0.962. The van der Waals surface area contributed by atoms with Crippen LogP contribution in [0, 0.1) is 6.92 Å². The molecule has 0 radical (unpaired) electrons. The summed E-state index contributed by atoms with van der Waals surface area (Å²) in [4.78, 5) is 21.8. The van der Waals surface area contributed by atoms with E-state index in [2.05, 4.69) is 15.1 Å². The maximum Gasteiger partial charge on any atom is 0.223 e. The molecule has 0 aliphatic carbocycles. The van der Waals surface area contributed by atoms with Gasteiger partial charge >= 0.3 is 0 Å². The number of aromatic amines is 1. The molecular formula is C14H17ClN4O3. The van der Waals surface area contributed by atoms with Gasteiger partial charge in [0.2, 0.25) is 5.91 Å². The van der Waals surface area contributed by atoms with E-state index in [9.17, 15) is 4.79 Å². The molecule has 2 aromatic rings. The predicted molar refractivity (Wildman–Crippen MR) is 78.4 cm³/mol. The molecule has 1 amide bonds. The van der Waals surface area contributed by atoms with Crippen molar-refractivity contribution < 1.29 is 14.1 Å². The second-order valence-electron chi connectivity index (χ2n) is 5.25. The number of halogens is 1. The number of morpholine rings is 1. The Kier molecular flexibility index (Phi) is 4.44. The Bertz CT molecular complexity index is 654. The van der Waals surface area contributed by atoms with Crippen LogP contribution in [0.15, 0.2) is 16.8 Å². The minimum absolute atomic E-state index is 0.0369. The maximum absolute atomic E-state index is 12.5. The first kappa shape index (κ1) is 15.1. The van der Waals surface area contributed by atoms with Crippen molar-refractivity contribution in [1.82, 2.24) is 20.0 Å². The summed E-state index contributed by atoms with van der Waals surface area (Å²) in [6.45, 7) is 3.48. The van der Waals surface area contributed by atoms with Gasteiger partial charge in [-0.25, -0.2) is 4.98 Å². The fourth-order valence-corrected chi connectivity index (χ4v) is 2.67. The molecule has 0 unspecified atom stereocenters. The monoisotopic (exact) mass is 324 g/mol. The van der Waals surface area contributed by atoms with Crippen LogP contribution < -0.4 is 0 Å². The van der Waals surface area contributed by atoms with E-state index < -0.39 is 0 Å². The Morgan fingerprint density at radius 3 is 3.14 bits per heavy atom. The van der Waals surface area contributed by atoms with Gasteiger partial charge < -0.3 is 19.1 Å². The minimum Gasteiger partial charge on any atom is -0.377 e. The summed E-state index contributed by atoms with van der Waals surface area (Å²) < 4.78 is 10.5. The number of hydrogen-bond acceptors (Lipinski definition) is 5. The van der Waals surface area contributed by atoms with Crippen LogP contribution in [0.2, 0.25) is 5.15 Å². The van der Waals surface area contributed by atoms with E-state index in [1.54, 1.807) is 17.2 Å². The van der Waals surface area contributed by atoms with Crippen molar-refractivity contribution in [2.75, 3.05) is 19.8 Å². The molecule has 1 fully saturated rings. The lowest BCUT2D eigenvalue weighted by atomic mass is 10.1. The molecule has 22 heavy (non-hydrogen) atoms. The smallest absolute Gasteiger partial charge is 0.223 e. The molecule has 0 saturated carbocycles. The fourth-order valence-electron chi connectivity index (χ4n) is 2.51. The van der Waals surface area contributed by atoms with Gasteiger partial charge in [-0.2, -0.15) is 0 Å².